The number of nitrogens with one attached hydrogen (secondary N) is 1. The van der Waals surface area contributed by atoms with Gasteiger partial charge in [0.05, 0.1) is 13.2 Å². The minimum absolute atomic E-state index is 0.0644. The van der Waals surface area contributed by atoms with Gasteiger partial charge in [-0.25, -0.2) is 14.6 Å². The van der Waals surface area contributed by atoms with Crippen molar-refractivity contribution in [2.45, 2.75) is 6.10 Å². The van der Waals surface area contributed by atoms with E-state index in [-0.39, 0.29) is 6.10 Å². The topological polar surface area (TPSA) is 98.4 Å². The molecule has 3 aromatic rings. The van der Waals surface area contributed by atoms with Crippen LogP contribution >= 0.6 is 11.3 Å². The fourth-order valence-corrected chi connectivity index (χ4v) is 3.51. The normalized spacial score (nSPS) is 16.3. The first kappa shape index (κ1) is 16.2. The van der Waals surface area contributed by atoms with Gasteiger partial charge in [0.15, 0.2) is 11.6 Å². The molecule has 0 amide bonds. The number of aromatic nitrogens is 4. The second-order valence-electron chi connectivity index (χ2n) is 5.53. The van der Waals surface area contributed by atoms with Gasteiger partial charge in [-0.15, -0.1) is 11.3 Å². The van der Waals surface area contributed by atoms with Crippen molar-refractivity contribution < 1.29 is 14.1 Å². The molecule has 1 N–H and O–H groups in total. The summed E-state index contributed by atoms with van der Waals surface area (Å²) in [6, 6.07) is 4.07. The summed E-state index contributed by atoms with van der Waals surface area (Å²) in [5, 5.41) is 13.0. The quantitative estimate of drug-likeness (QED) is 0.702. The van der Waals surface area contributed by atoms with E-state index in [1.165, 1.54) is 0 Å². The van der Waals surface area contributed by atoms with E-state index in [2.05, 4.69) is 36.6 Å². The van der Waals surface area contributed by atoms with Crippen molar-refractivity contribution in [2.75, 3.05) is 50.2 Å². The van der Waals surface area contributed by atoms with Crippen molar-refractivity contribution in [3.05, 3.63) is 22.4 Å². The average molecular weight is 362 g/mol. The maximum atomic E-state index is 5.59. The predicted molar refractivity (Wildman–Crippen MR) is 93.0 cm³/mol. The van der Waals surface area contributed by atoms with Gasteiger partial charge in [-0.3, -0.25) is 0 Å². The number of nitrogens with zero attached hydrogens (tertiary/aromatic N) is 5. The van der Waals surface area contributed by atoms with Crippen LogP contribution in [0.3, 0.4) is 0 Å². The highest BCUT2D eigenvalue weighted by Gasteiger charge is 2.21. The zero-order valence-corrected chi connectivity index (χ0v) is 14.5. The summed E-state index contributed by atoms with van der Waals surface area (Å²) < 4.78 is 15.8. The third kappa shape index (κ3) is 3.41. The number of hydrogen-bond donors (Lipinski definition) is 1. The first-order chi connectivity index (χ1) is 12.3. The van der Waals surface area contributed by atoms with Gasteiger partial charge in [-0.05, 0) is 21.8 Å². The molecule has 0 aromatic carbocycles. The molecule has 3 aromatic heterocycles. The molecular weight excluding hydrogens is 344 g/mol. The minimum atomic E-state index is -0.0644. The van der Waals surface area contributed by atoms with Crippen molar-refractivity contribution in [1.82, 2.24) is 20.3 Å². The number of rotatable bonds is 6. The van der Waals surface area contributed by atoms with Crippen molar-refractivity contribution in [1.29, 1.82) is 0 Å². The number of hydrogen-bond acceptors (Lipinski definition) is 10. The molecule has 1 aliphatic rings. The van der Waals surface area contributed by atoms with Gasteiger partial charge in [0.1, 0.15) is 6.10 Å². The van der Waals surface area contributed by atoms with Gasteiger partial charge >= 0.3 is 0 Å². The molecule has 0 radical (unpaired) electrons. The fourth-order valence-electron chi connectivity index (χ4n) is 2.71. The summed E-state index contributed by atoms with van der Waals surface area (Å²) in [6.07, 6.45) is -0.0644. The lowest BCUT2D eigenvalue weighted by atomic mass is 10.3. The molecule has 10 heteroatoms. The molecule has 4 heterocycles. The molecule has 1 atom stereocenters. The van der Waals surface area contributed by atoms with Crippen molar-refractivity contribution in [2.24, 2.45) is 0 Å². The number of thiophene rings is 1. The Morgan fingerprint density at radius 1 is 1.28 bits per heavy atom. The van der Waals surface area contributed by atoms with E-state index in [9.17, 15) is 0 Å². The Labute approximate surface area is 147 Å². The van der Waals surface area contributed by atoms with Gasteiger partial charge in [0.2, 0.25) is 11.3 Å². The Balaban J connectivity index is 1.60. The molecule has 4 rings (SSSR count). The van der Waals surface area contributed by atoms with E-state index < -0.39 is 0 Å². The summed E-state index contributed by atoms with van der Waals surface area (Å²) in [5.74, 6) is 1.37. The number of ether oxygens (including phenoxy) is 2. The van der Waals surface area contributed by atoms with Crippen LogP contribution in [0, 0.1) is 0 Å². The second-order valence-corrected chi connectivity index (χ2v) is 6.51. The van der Waals surface area contributed by atoms with Gasteiger partial charge in [0, 0.05) is 31.6 Å². The van der Waals surface area contributed by atoms with E-state index in [0.717, 1.165) is 23.8 Å². The molecule has 0 spiro atoms. The number of anilines is 2. The highest BCUT2D eigenvalue weighted by atomic mass is 32.1. The number of methoxy groups -OCH3 is 1. The van der Waals surface area contributed by atoms with Crippen LogP contribution in [0.1, 0.15) is 11.0 Å². The third-order valence-corrected chi connectivity index (χ3v) is 4.97. The lowest BCUT2D eigenvalue weighted by molar-refractivity contribution is 0.117. The molecule has 0 bridgehead atoms. The molecule has 1 fully saturated rings. The zero-order chi connectivity index (χ0) is 17.1. The lowest BCUT2D eigenvalue weighted by Gasteiger charge is -2.29. The van der Waals surface area contributed by atoms with E-state index >= 15 is 0 Å². The first-order valence-corrected chi connectivity index (χ1v) is 8.86. The minimum Gasteiger partial charge on any atom is -0.378 e. The van der Waals surface area contributed by atoms with Gasteiger partial charge in [0.25, 0.3) is 0 Å². The smallest absolute Gasteiger partial charge is 0.245 e. The summed E-state index contributed by atoms with van der Waals surface area (Å²) in [7, 11) is 1.70. The van der Waals surface area contributed by atoms with Crippen molar-refractivity contribution in [3.63, 3.8) is 0 Å². The highest BCUT2D eigenvalue weighted by molar-refractivity contribution is 7.10. The maximum Gasteiger partial charge on any atom is 0.245 e. The van der Waals surface area contributed by atoms with Crippen LogP contribution in [-0.4, -0.2) is 60.2 Å². The van der Waals surface area contributed by atoms with Crippen molar-refractivity contribution in [3.8, 4) is 0 Å². The second kappa shape index (κ2) is 7.30. The number of fused-ring (bicyclic) bond motifs is 1. The van der Waals surface area contributed by atoms with E-state index in [1.54, 1.807) is 18.4 Å². The van der Waals surface area contributed by atoms with Gasteiger partial charge in [-0.1, -0.05) is 6.07 Å². The Morgan fingerprint density at radius 2 is 2.08 bits per heavy atom. The van der Waals surface area contributed by atoms with Gasteiger partial charge in [-0.2, -0.15) is 0 Å². The molecule has 0 saturated carbocycles. The third-order valence-electron chi connectivity index (χ3n) is 4.01. The Kier molecular flexibility index (Phi) is 4.72. The molecule has 25 heavy (non-hydrogen) atoms. The van der Waals surface area contributed by atoms with Crippen LogP contribution in [-0.2, 0) is 9.47 Å². The van der Waals surface area contributed by atoms with Crippen molar-refractivity contribution >= 4 is 34.3 Å². The molecule has 1 saturated heterocycles. The SMILES string of the molecule is CO[C@@H](CNc1nc2nonc2nc1N1CCOCC1)c1cccs1. The molecule has 0 unspecified atom stereocenters. The Hall–Kier alpha value is -2.30. The summed E-state index contributed by atoms with van der Waals surface area (Å²) >= 11 is 1.66. The Bertz CT molecular complexity index is 818. The maximum absolute atomic E-state index is 5.59. The first-order valence-electron chi connectivity index (χ1n) is 7.98. The van der Waals surface area contributed by atoms with Crippen LogP contribution in [0.4, 0.5) is 11.6 Å². The zero-order valence-electron chi connectivity index (χ0n) is 13.7. The molecule has 1 aliphatic heterocycles. The largest absolute Gasteiger partial charge is 0.378 e. The molecule has 0 aliphatic carbocycles. The van der Waals surface area contributed by atoms with E-state index in [1.807, 2.05) is 11.4 Å². The standard InChI is InChI=1S/C15H18N6O3S/c1-22-10(11-3-2-8-25-11)9-16-14-15(21-4-6-23-7-5-21)18-13-12(17-14)19-24-20-13/h2-3,8,10H,4-7,9H2,1H3,(H,16,17,19)/t10-/m0/s1. The molecule has 132 valence electrons. The molecular formula is C15H18N6O3S. The monoisotopic (exact) mass is 362 g/mol. The number of morpholine rings is 1. The fraction of sp³-hybridized carbons (Fsp3) is 0.467. The van der Waals surface area contributed by atoms with Gasteiger partial charge < -0.3 is 19.7 Å². The molecule has 9 nitrogen and oxygen atoms in total. The van der Waals surface area contributed by atoms with E-state index in [4.69, 9.17) is 14.1 Å². The Morgan fingerprint density at radius 3 is 2.80 bits per heavy atom. The lowest BCUT2D eigenvalue weighted by Crippen LogP contribution is -2.37. The summed E-state index contributed by atoms with van der Waals surface area (Å²) in [6.45, 7) is 3.38. The highest BCUT2D eigenvalue weighted by Crippen LogP contribution is 2.27. The van der Waals surface area contributed by atoms with Crippen LogP contribution in [0.15, 0.2) is 22.1 Å². The van der Waals surface area contributed by atoms with Crippen LogP contribution in [0.2, 0.25) is 0 Å². The summed E-state index contributed by atoms with van der Waals surface area (Å²) in [4.78, 5) is 12.4. The predicted octanol–water partition coefficient (Wildman–Crippen LogP) is 1.71. The van der Waals surface area contributed by atoms with Crippen LogP contribution in [0.25, 0.3) is 11.3 Å². The van der Waals surface area contributed by atoms with Crippen LogP contribution in [0.5, 0.6) is 0 Å². The van der Waals surface area contributed by atoms with Crippen LogP contribution < -0.4 is 10.2 Å². The van der Waals surface area contributed by atoms with E-state index in [0.29, 0.717) is 36.9 Å². The summed E-state index contributed by atoms with van der Waals surface area (Å²) in [5.41, 5.74) is 0.776. The average Bonchev–Trinajstić information content (AvgIpc) is 3.34.